The Morgan fingerprint density at radius 1 is 1.56 bits per heavy atom. The molecule has 5 heteroatoms. The minimum absolute atomic E-state index is 0.0115. The average molecular weight is 243 g/mol. The van der Waals surface area contributed by atoms with Crippen molar-refractivity contribution in [1.29, 1.82) is 0 Å². The molecule has 0 bridgehead atoms. The van der Waals surface area contributed by atoms with Gasteiger partial charge in [-0.3, -0.25) is 9.79 Å². The first-order valence-corrected chi connectivity index (χ1v) is 6.44. The predicted octanol–water partition coefficient (Wildman–Crippen LogP) is 1.23. The van der Waals surface area contributed by atoms with Gasteiger partial charge >= 0.3 is 0 Å². The number of amides is 1. The van der Waals surface area contributed by atoms with Crippen molar-refractivity contribution in [2.75, 3.05) is 20.1 Å². The number of aliphatic imine (C=N–C) groups is 1. The molecule has 16 heavy (non-hydrogen) atoms. The third-order valence-corrected chi connectivity index (χ3v) is 3.38. The number of amidine groups is 1. The van der Waals surface area contributed by atoms with Crippen LogP contribution in [0.5, 0.6) is 0 Å². The van der Waals surface area contributed by atoms with E-state index in [-0.39, 0.29) is 5.91 Å². The summed E-state index contributed by atoms with van der Waals surface area (Å²) in [5.41, 5.74) is 0.337. The van der Waals surface area contributed by atoms with Gasteiger partial charge in [-0.1, -0.05) is 32.5 Å². The molecule has 1 unspecified atom stereocenters. The molecule has 0 saturated carbocycles. The SMILES string of the molecule is CNC(=O)CNC1=NCC(CC(C)(C)C)S1. The molecule has 0 spiro atoms. The molecule has 1 atom stereocenters. The van der Waals surface area contributed by atoms with Gasteiger partial charge in [0.15, 0.2) is 5.17 Å². The average Bonchev–Trinajstić information content (AvgIpc) is 2.59. The van der Waals surface area contributed by atoms with Crippen molar-refractivity contribution >= 4 is 22.8 Å². The highest BCUT2D eigenvalue weighted by atomic mass is 32.2. The van der Waals surface area contributed by atoms with Crippen LogP contribution in [-0.4, -0.2) is 36.5 Å². The van der Waals surface area contributed by atoms with Gasteiger partial charge in [0.05, 0.1) is 13.1 Å². The van der Waals surface area contributed by atoms with Gasteiger partial charge in [-0.05, 0) is 11.8 Å². The van der Waals surface area contributed by atoms with Crippen molar-refractivity contribution in [3.8, 4) is 0 Å². The summed E-state index contributed by atoms with van der Waals surface area (Å²) in [4.78, 5) is 15.4. The van der Waals surface area contributed by atoms with Crippen LogP contribution >= 0.6 is 11.8 Å². The summed E-state index contributed by atoms with van der Waals surface area (Å²) < 4.78 is 0. The fourth-order valence-electron chi connectivity index (χ4n) is 1.55. The van der Waals surface area contributed by atoms with E-state index in [2.05, 4.69) is 36.4 Å². The Kier molecular flexibility index (Phi) is 4.65. The first-order valence-electron chi connectivity index (χ1n) is 5.56. The zero-order valence-electron chi connectivity index (χ0n) is 10.5. The van der Waals surface area contributed by atoms with E-state index in [1.165, 1.54) is 0 Å². The Bertz CT molecular complexity index is 283. The number of rotatable bonds is 3. The highest BCUT2D eigenvalue weighted by molar-refractivity contribution is 8.14. The molecule has 0 saturated heterocycles. The lowest BCUT2D eigenvalue weighted by atomic mass is 9.90. The van der Waals surface area contributed by atoms with E-state index in [4.69, 9.17) is 0 Å². The third-order valence-electron chi connectivity index (χ3n) is 2.24. The number of nitrogens with one attached hydrogen (secondary N) is 2. The summed E-state index contributed by atoms with van der Waals surface area (Å²) in [6.45, 7) is 7.89. The van der Waals surface area contributed by atoms with Crippen molar-refractivity contribution < 1.29 is 4.79 Å². The van der Waals surface area contributed by atoms with Crippen LogP contribution in [0.1, 0.15) is 27.2 Å². The van der Waals surface area contributed by atoms with Crippen LogP contribution in [-0.2, 0) is 4.79 Å². The lowest BCUT2D eigenvalue weighted by Gasteiger charge is -2.21. The number of hydrogen-bond donors (Lipinski definition) is 2. The summed E-state index contributed by atoms with van der Waals surface area (Å²) >= 11 is 1.75. The molecule has 0 aromatic heterocycles. The molecule has 4 nitrogen and oxygen atoms in total. The quantitative estimate of drug-likeness (QED) is 0.784. The maximum atomic E-state index is 11.0. The van der Waals surface area contributed by atoms with Gasteiger partial charge in [0.25, 0.3) is 0 Å². The van der Waals surface area contributed by atoms with Gasteiger partial charge in [0.1, 0.15) is 0 Å². The number of hydrogen-bond acceptors (Lipinski definition) is 4. The second kappa shape index (κ2) is 5.57. The Hall–Kier alpha value is -0.710. The molecule has 2 N–H and O–H groups in total. The standard InChI is InChI=1S/C11H21N3OS/c1-11(2,3)5-8-6-13-10(16-8)14-7-9(15)12-4/h8H,5-7H2,1-4H3,(H,12,15)(H,13,14). The highest BCUT2D eigenvalue weighted by Crippen LogP contribution is 2.31. The topological polar surface area (TPSA) is 53.5 Å². The Morgan fingerprint density at radius 2 is 2.25 bits per heavy atom. The molecule has 1 aliphatic heterocycles. The minimum atomic E-state index is -0.0115. The molecule has 1 rings (SSSR count). The Labute approximate surface area is 102 Å². The summed E-state index contributed by atoms with van der Waals surface area (Å²) in [6.07, 6.45) is 1.15. The van der Waals surface area contributed by atoms with Gasteiger partial charge < -0.3 is 10.6 Å². The second-order valence-corrected chi connectivity index (χ2v) is 6.47. The van der Waals surface area contributed by atoms with Crippen molar-refractivity contribution in [1.82, 2.24) is 10.6 Å². The van der Waals surface area contributed by atoms with Gasteiger partial charge in [-0.15, -0.1) is 0 Å². The number of nitrogens with zero attached hydrogens (tertiary/aromatic N) is 1. The number of thioether (sulfide) groups is 1. The van der Waals surface area contributed by atoms with Crippen LogP contribution in [0.2, 0.25) is 0 Å². The Balaban J connectivity index is 2.26. The van der Waals surface area contributed by atoms with Crippen LogP contribution in [0, 0.1) is 5.41 Å². The number of carbonyl (C=O) groups excluding carboxylic acids is 1. The maximum absolute atomic E-state index is 11.0. The molecule has 0 aliphatic carbocycles. The van der Waals surface area contributed by atoms with Crippen LogP contribution < -0.4 is 10.6 Å². The molecular weight excluding hydrogens is 222 g/mol. The van der Waals surface area contributed by atoms with E-state index in [1.807, 2.05) is 0 Å². The van der Waals surface area contributed by atoms with Gasteiger partial charge in [-0.25, -0.2) is 0 Å². The zero-order valence-corrected chi connectivity index (χ0v) is 11.3. The smallest absolute Gasteiger partial charge is 0.239 e. The van der Waals surface area contributed by atoms with E-state index < -0.39 is 0 Å². The normalized spacial score (nSPS) is 20.5. The van der Waals surface area contributed by atoms with Crippen LogP contribution in [0.25, 0.3) is 0 Å². The fraction of sp³-hybridized carbons (Fsp3) is 0.818. The summed E-state index contributed by atoms with van der Waals surface area (Å²) in [7, 11) is 1.63. The van der Waals surface area contributed by atoms with E-state index in [1.54, 1.807) is 18.8 Å². The monoisotopic (exact) mass is 243 g/mol. The first-order chi connectivity index (χ1) is 7.40. The lowest BCUT2D eigenvalue weighted by molar-refractivity contribution is -0.119. The van der Waals surface area contributed by atoms with Gasteiger partial charge in [0, 0.05) is 12.3 Å². The molecule has 92 valence electrons. The fourth-order valence-corrected chi connectivity index (χ4v) is 2.90. The number of likely N-dealkylation sites (N-methyl/N-ethyl adjacent to an activating group) is 1. The minimum Gasteiger partial charge on any atom is -0.358 e. The zero-order chi connectivity index (χ0) is 12.2. The van der Waals surface area contributed by atoms with E-state index in [9.17, 15) is 4.79 Å². The van der Waals surface area contributed by atoms with Crippen LogP contribution in [0.3, 0.4) is 0 Å². The van der Waals surface area contributed by atoms with Gasteiger partial charge in [-0.2, -0.15) is 0 Å². The molecular formula is C11H21N3OS. The molecule has 0 radical (unpaired) electrons. The molecule has 0 fully saturated rings. The van der Waals surface area contributed by atoms with E-state index in [0.717, 1.165) is 18.1 Å². The van der Waals surface area contributed by atoms with Gasteiger partial charge in [0.2, 0.25) is 5.91 Å². The van der Waals surface area contributed by atoms with Crippen molar-refractivity contribution in [2.24, 2.45) is 10.4 Å². The summed E-state index contributed by atoms with van der Waals surface area (Å²) in [5.74, 6) is -0.0115. The maximum Gasteiger partial charge on any atom is 0.239 e. The van der Waals surface area contributed by atoms with Crippen LogP contribution in [0.15, 0.2) is 4.99 Å². The Morgan fingerprint density at radius 3 is 2.81 bits per heavy atom. The largest absolute Gasteiger partial charge is 0.358 e. The van der Waals surface area contributed by atoms with Crippen molar-refractivity contribution in [3.05, 3.63) is 0 Å². The highest BCUT2D eigenvalue weighted by Gasteiger charge is 2.24. The summed E-state index contributed by atoms with van der Waals surface area (Å²) in [6, 6.07) is 0. The van der Waals surface area contributed by atoms with Crippen LogP contribution in [0.4, 0.5) is 0 Å². The number of carbonyl (C=O) groups is 1. The molecule has 0 aromatic rings. The van der Waals surface area contributed by atoms with E-state index in [0.29, 0.717) is 17.2 Å². The van der Waals surface area contributed by atoms with E-state index >= 15 is 0 Å². The lowest BCUT2D eigenvalue weighted by Crippen LogP contribution is -2.33. The predicted molar refractivity (Wildman–Crippen MR) is 69.8 cm³/mol. The molecule has 0 aromatic carbocycles. The first kappa shape index (κ1) is 13.4. The molecule has 1 amide bonds. The molecule has 1 heterocycles. The van der Waals surface area contributed by atoms with Crippen molar-refractivity contribution in [2.45, 2.75) is 32.4 Å². The molecule has 1 aliphatic rings. The summed E-state index contributed by atoms with van der Waals surface area (Å²) in [5, 5.41) is 7.07. The second-order valence-electron chi connectivity index (χ2n) is 5.18. The van der Waals surface area contributed by atoms with Crippen molar-refractivity contribution in [3.63, 3.8) is 0 Å². The third kappa shape index (κ3) is 4.88.